The van der Waals surface area contributed by atoms with E-state index in [1.807, 2.05) is 13.8 Å². The Labute approximate surface area is 196 Å². The monoisotopic (exact) mass is 461 g/mol. The Morgan fingerprint density at radius 3 is 1.28 bits per heavy atom. The van der Waals surface area contributed by atoms with Gasteiger partial charge in [-0.15, -0.1) is 0 Å². The fourth-order valence-corrected chi connectivity index (χ4v) is 5.19. The molecule has 3 heterocycles. The first-order chi connectivity index (χ1) is 14.9. The Balaban J connectivity index is 0.000000175. The lowest BCUT2D eigenvalue weighted by Crippen LogP contribution is -2.42. The Morgan fingerprint density at radius 1 is 0.594 bits per heavy atom. The number of halogens is 3. The highest BCUT2D eigenvalue weighted by molar-refractivity contribution is 4.97. The zero-order chi connectivity index (χ0) is 23.9. The van der Waals surface area contributed by atoms with E-state index in [9.17, 15) is 13.2 Å². The van der Waals surface area contributed by atoms with E-state index in [0.717, 1.165) is 17.5 Å². The third-order valence-corrected chi connectivity index (χ3v) is 8.14. The number of rotatable bonds is 3. The molecule has 1 spiro atoms. The van der Waals surface area contributed by atoms with Gasteiger partial charge in [0.2, 0.25) is 0 Å². The van der Waals surface area contributed by atoms with Crippen LogP contribution in [-0.4, -0.2) is 78.3 Å². The topological polar surface area (TPSA) is 9.72 Å². The summed E-state index contributed by atoms with van der Waals surface area (Å²) in [5, 5.41) is 0. The zero-order valence-electron chi connectivity index (χ0n) is 21.7. The van der Waals surface area contributed by atoms with Gasteiger partial charge in [0.1, 0.15) is 0 Å². The lowest BCUT2D eigenvalue weighted by molar-refractivity contribution is -0.185. The summed E-state index contributed by atoms with van der Waals surface area (Å²) >= 11 is 0. The van der Waals surface area contributed by atoms with E-state index in [4.69, 9.17) is 0 Å². The number of likely N-dealkylation sites (tertiary alicyclic amines) is 3. The molecule has 190 valence electrons. The molecule has 6 heteroatoms. The summed E-state index contributed by atoms with van der Waals surface area (Å²) in [4.78, 5) is 7.24. The zero-order valence-corrected chi connectivity index (χ0v) is 21.7. The van der Waals surface area contributed by atoms with Crippen LogP contribution in [0.5, 0.6) is 0 Å². The second-order valence-corrected chi connectivity index (χ2v) is 11.4. The molecule has 0 radical (unpaired) electrons. The van der Waals surface area contributed by atoms with Crippen LogP contribution < -0.4 is 0 Å². The molecule has 0 aromatic carbocycles. The highest BCUT2D eigenvalue weighted by atomic mass is 19.4. The molecule has 32 heavy (non-hydrogen) atoms. The van der Waals surface area contributed by atoms with Crippen molar-refractivity contribution in [3.05, 3.63) is 0 Å². The van der Waals surface area contributed by atoms with Crippen LogP contribution in [0.1, 0.15) is 92.9 Å². The summed E-state index contributed by atoms with van der Waals surface area (Å²) in [5.41, 5.74) is 0.853. The molecule has 1 aliphatic carbocycles. The maximum Gasteiger partial charge on any atom is 0.391 e. The van der Waals surface area contributed by atoms with Crippen molar-refractivity contribution in [3.63, 3.8) is 0 Å². The second kappa shape index (κ2) is 12.4. The van der Waals surface area contributed by atoms with Crippen LogP contribution in [0.2, 0.25) is 0 Å². The predicted molar refractivity (Wildman–Crippen MR) is 129 cm³/mol. The molecule has 0 unspecified atom stereocenters. The predicted octanol–water partition coefficient (Wildman–Crippen LogP) is 6.43. The van der Waals surface area contributed by atoms with E-state index in [0.29, 0.717) is 19.1 Å². The summed E-state index contributed by atoms with van der Waals surface area (Å²) in [6, 6.07) is 1.91. The minimum absolute atomic E-state index is 0.266. The van der Waals surface area contributed by atoms with Crippen LogP contribution in [0.15, 0.2) is 0 Å². The van der Waals surface area contributed by atoms with Crippen LogP contribution in [0.25, 0.3) is 0 Å². The molecular weight excluding hydrogens is 411 g/mol. The van der Waals surface area contributed by atoms with Gasteiger partial charge in [-0.3, -0.25) is 0 Å². The van der Waals surface area contributed by atoms with Crippen molar-refractivity contribution in [2.24, 2.45) is 11.3 Å². The van der Waals surface area contributed by atoms with Crippen LogP contribution in [0, 0.1) is 11.3 Å². The molecule has 3 saturated heterocycles. The van der Waals surface area contributed by atoms with Gasteiger partial charge >= 0.3 is 6.18 Å². The Kier molecular flexibility index (Phi) is 10.8. The fourth-order valence-electron chi connectivity index (χ4n) is 5.19. The Hall–Kier alpha value is -0.330. The first-order valence-electron chi connectivity index (χ1n) is 13.2. The standard InChI is InChI=1S/C10H19N.C9H16F3N.C7H15N/c1-9(2)11-7-5-10(3-4-10)6-8-11;1-7(2)13-5-3-8(4-6-13)9(10,11)12;1-7(2)8-5-3-4-6-8/h9H,3-8H2,1-2H3;7-8H,3-6H2,1-2H3;7H,3-6H2,1-2H3. The lowest BCUT2D eigenvalue weighted by Gasteiger charge is -2.35. The molecule has 3 nitrogen and oxygen atoms in total. The van der Waals surface area contributed by atoms with Gasteiger partial charge in [0.15, 0.2) is 0 Å². The summed E-state index contributed by atoms with van der Waals surface area (Å²) in [7, 11) is 0. The molecule has 4 aliphatic rings. The largest absolute Gasteiger partial charge is 0.391 e. The summed E-state index contributed by atoms with van der Waals surface area (Å²) in [5.74, 6) is -1.07. The van der Waals surface area contributed by atoms with Crippen molar-refractivity contribution in [2.45, 2.75) is 117 Å². The van der Waals surface area contributed by atoms with E-state index in [1.54, 1.807) is 0 Å². The first-order valence-corrected chi connectivity index (χ1v) is 13.2. The quantitative estimate of drug-likeness (QED) is 0.479. The average Bonchev–Trinajstić information content (AvgIpc) is 3.25. The van der Waals surface area contributed by atoms with Gasteiger partial charge in [-0.25, -0.2) is 0 Å². The third-order valence-electron chi connectivity index (χ3n) is 8.14. The summed E-state index contributed by atoms with van der Waals surface area (Å²) in [6.45, 7) is 19.8. The van der Waals surface area contributed by atoms with Crippen molar-refractivity contribution in [2.75, 3.05) is 39.3 Å². The highest BCUT2D eigenvalue weighted by Gasteiger charge is 2.44. The van der Waals surface area contributed by atoms with Gasteiger partial charge < -0.3 is 14.7 Å². The second-order valence-electron chi connectivity index (χ2n) is 11.4. The molecular formula is C26H50F3N3. The number of alkyl halides is 3. The van der Waals surface area contributed by atoms with Crippen LogP contribution >= 0.6 is 0 Å². The van der Waals surface area contributed by atoms with Gasteiger partial charge in [0, 0.05) is 18.1 Å². The van der Waals surface area contributed by atoms with Gasteiger partial charge in [0.25, 0.3) is 0 Å². The highest BCUT2D eigenvalue weighted by Crippen LogP contribution is 2.53. The smallest absolute Gasteiger partial charge is 0.301 e. The summed E-state index contributed by atoms with van der Waals surface area (Å²) in [6.07, 6.45) is 5.39. The van der Waals surface area contributed by atoms with E-state index in [-0.39, 0.29) is 12.8 Å². The van der Waals surface area contributed by atoms with Gasteiger partial charge in [-0.05, 0) is 138 Å². The minimum Gasteiger partial charge on any atom is -0.301 e. The average molecular weight is 462 g/mol. The number of hydrogen-bond donors (Lipinski definition) is 0. The van der Waals surface area contributed by atoms with Crippen molar-refractivity contribution in [1.29, 1.82) is 0 Å². The molecule has 0 bridgehead atoms. The Bertz CT molecular complexity index is 505. The molecule has 0 aromatic rings. The molecule has 4 fully saturated rings. The van der Waals surface area contributed by atoms with Crippen LogP contribution in [-0.2, 0) is 0 Å². The van der Waals surface area contributed by atoms with Gasteiger partial charge in [0.05, 0.1) is 5.92 Å². The molecule has 0 N–H and O–H groups in total. The first kappa shape index (κ1) is 27.9. The minimum atomic E-state index is -3.98. The molecule has 4 rings (SSSR count). The summed E-state index contributed by atoms with van der Waals surface area (Å²) < 4.78 is 36.8. The van der Waals surface area contributed by atoms with Crippen LogP contribution in [0.4, 0.5) is 13.2 Å². The third kappa shape index (κ3) is 9.13. The Morgan fingerprint density at radius 2 is 0.969 bits per heavy atom. The van der Waals surface area contributed by atoms with E-state index >= 15 is 0 Å². The lowest BCUT2D eigenvalue weighted by atomic mass is 9.93. The molecule has 0 atom stereocenters. The number of hydrogen-bond acceptors (Lipinski definition) is 3. The van der Waals surface area contributed by atoms with Gasteiger partial charge in [-0.2, -0.15) is 13.2 Å². The van der Waals surface area contributed by atoms with E-state index in [2.05, 4.69) is 42.4 Å². The maximum absolute atomic E-state index is 12.3. The molecule has 0 aromatic heterocycles. The normalized spacial score (nSPS) is 25.1. The SMILES string of the molecule is CC(C)N1CCC(C(F)(F)F)CC1.CC(C)N1CCC2(CC1)CC2.CC(C)N1CCCC1. The maximum atomic E-state index is 12.3. The number of nitrogens with zero attached hydrogens (tertiary/aromatic N) is 3. The van der Waals surface area contributed by atoms with Crippen molar-refractivity contribution in [3.8, 4) is 0 Å². The molecule has 1 saturated carbocycles. The van der Waals surface area contributed by atoms with Crippen molar-refractivity contribution >= 4 is 0 Å². The molecule has 3 aliphatic heterocycles. The van der Waals surface area contributed by atoms with Crippen LogP contribution in [0.3, 0.4) is 0 Å². The number of piperidine rings is 2. The van der Waals surface area contributed by atoms with Crippen molar-refractivity contribution in [1.82, 2.24) is 14.7 Å². The fraction of sp³-hybridized carbons (Fsp3) is 1.00. The van der Waals surface area contributed by atoms with E-state index < -0.39 is 12.1 Å². The van der Waals surface area contributed by atoms with Gasteiger partial charge in [-0.1, -0.05) is 0 Å². The van der Waals surface area contributed by atoms with E-state index in [1.165, 1.54) is 64.7 Å². The molecule has 0 amide bonds. The van der Waals surface area contributed by atoms with Crippen molar-refractivity contribution < 1.29 is 13.2 Å².